The van der Waals surface area contributed by atoms with Crippen molar-refractivity contribution in [3.63, 3.8) is 0 Å². The molecule has 1 fully saturated rings. The summed E-state index contributed by atoms with van der Waals surface area (Å²) in [5, 5.41) is 0. The summed E-state index contributed by atoms with van der Waals surface area (Å²) >= 11 is -2.01. The number of Topliss-reactive ketones (excluding diaryl/α,β-unsaturated/α-hetero) is 1. The van der Waals surface area contributed by atoms with E-state index in [2.05, 4.69) is 14.8 Å². The van der Waals surface area contributed by atoms with Crippen molar-refractivity contribution in [3.05, 3.63) is 9.16 Å². The molecule has 0 aromatic rings. The number of carbonyl (C=O) groups is 2. The van der Waals surface area contributed by atoms with Crippen molar-refractivity contribution in [2.45, 2.75) is 59.8 Å². The number of ketones is 1. The number of ether oxygens (including phenoxy) is 1. The van der Waals surface area contributed by atoms with Crippen LogP contribution < -0.4 is 0 Å². The molecule has 2 aliphatic rings. The first kappa shape index (κ1) is 17.0. The van der Waals surface area contributed by atoms with Gasteiger partial charge in [0.05, 0.1) is 0 Å². The van der Waals surface area contributed by atoms with Gasteiger partial charge in [0, 0.05) is 0 Å². The van der Waals surface area contributed by atoms with Gasteiger partial charge in [-0.1, -0.05) is 0 Å². The minimum absolute atomic E-state index is 0.0552. The Morgan fingerprint density at radius 2 is 1.90 bits per heavy atom. The van der Waals surface area contributed by atoms with Gasteiger partial charge in [-0.3, -0.25) is 0 Å². The second kappa shape index (κ2) is 6.84. The SMILES string of the molecule is COC(=O)C1CCCC(CC2=[C]([Sn]([CH3])([CH3])[CH3])CCC2)C1=O. The van der Waals surface area contributed by atoms with Gasteiger partial charge in [0.2, 0.25) is 0 Å². The molecule has 2 unspecified atom stereocenters. The van der Waals surface area contributed by atoms with Crippen LogP contribution in [0.1, 0.15) is 44.9 Å². The maximum atomic E-state index is 12.6. The predicted octanol–water partition coefficient (Wildman–Crippen LogP) is 3.89. The zero-order chi connectivity index (χ0) is 15.6. The first-order valence-corrected chi connectivity index (χ1v) is 18.2. The number of hydrogen-bond donors (Lipinski definition) is 0. The third kappa shape index (κ3) is 3.91. The van der Waals surface area contributed by atoms with Crippen LogP contribution in [0.25, 0.3) is 0 Å². The molecule has 0 N–H and O–H groups in total. The number of carbonyl (C=O) groups excluding carboxylic acids is 2. The van der Waals surface area contributed by atoms with E-state index in [1.54, 1.807) is 9.16 Å². The summed E-state index contributed by atoms with van der Waals surface area (Å²) in [5.74, 6) is -0.645. The van der Waals surface area contributed by atoms with Gasteiger partial charge in [-0.25, -0.2) is 0 Å². The number of allylic oxidation sites excluding steroid dienone is 2. The fourth-order valence-electron chi connectivity index (χ4n) is 3.95. The average molecular weight is 399 g/mol. The Balaban J connectivity index is 2.12. The van der Waals surface area contributed by atoms with Crippen LogP contribution in [0.3, 0.4) is 0 Å². The van der Waals surface area contributed by atoms with Gasteiger partial charge in [0.1, 0.15) is 0 Å². The van der Waals surface area contributed by atoms with E-state index in [1.807, 2.05) is 0 Å². The Bertz CT molecular complexity index is 459. The third-order valence-electron chi connectivity index (χ3n) is 5.01. The van der Waals surface area contributed by atoms with E-state index in [0.717, 1.165) is 19.3 Å². The average Bonchev–Trinajstić information content (AvgIpc) is 2.88. The molecule has 2 aliphatic carbocycles. The Morgan fingerprint density at radius 1 is 1.19 bits per heavy atom. The van der Waals surface area contributed by atoms with Gasteiger partial charge < -0.3 is 0 Å². The molecular weight excluding hydrogens is 371 g/mol. The second-order valence-corrected chi connectivity index (χ2v) is 22.1. The minimum atomic E-state index is -2.01. The van der Waals surface area contributed by atoms with E-state index in [9.17, 15) is 9.59 Å². The molecule has 2 rings (SSSR count). The van der Waals surface area contributed by atoms with Crippen molar-refractivity contribution in [1.29, 1.82) is 0 Å². The van der Waals surface area contributed by atoms with Crippen LogP contribution in [0, 0.1) is 11.8 Å². The number of hydrogen-bond acceptors (Lipinski definition) is 3. The number of rotatable bonds is 4. The molecule has 0 aromatic heterocycles. The van der Waals surface area contributed by atoms with Crippen LogP contribution in [0.2, 0.25) is 14.8 Å². The summed E-state index contributed by atoms with van der Waals surface area (Å²) in [6.07, 6.45) is 7.20. The van der Waals surface area contributed by atoms with Crippen molar-refractivity contribution in [3.8, 4) is 0 Å². The van der Waals surface area contributed by atoms with E-state index in [1.165, 1.54) is 26.4 Å². The topological polar surface area (TPSA) is 43.4 Å². The predicted molar refractivity (Wildman–Crippen MR) is 86.7 cm³/mol. The summed E-state index contributed by atoms with van der Waals surface area (Å²) in [6.45, 7) is 0. The third-order valence-corrected chi connectivity index (χ3v) is 11.9. The first-order valence-electron chi connectivity index (χ1n) is 8.17. The molecular formula is C17H28O3Sn. The Labute approximate surface area is 132 Å². The van der Waals surface area contributed by atoms with Crippen molar-refractivity contribution >= 4 is 30.1 Å². The summed E-state index contributed by atoms with van der Waals surface area (Å²) in [4.78, 5) is 31.7. The molecule has 0 heterocycles. The molecule has 0 bridgehead atoms. The van der Waals surface area contributed by atoms with Gasteiger partial charge in [-0.2, -0.15) is 0 Å². The summed E-state index contributed by atoms with van der Waals surface area (Å²) in [7, 11) is 1.38. The number of esters is 1. The fraction of sp³-hybridized carbons (Fsp3) is 0.765. The Kier molecular flexibility index (Phi) is 5.55. The van der Waals surface area contributed by atoms with Gasteiger partial charge in [-0.15, -0.1) is 0 Å². The van der Waals surface area contributed by atoms with E-state index >= 15 is 0 Å². The molecule has 21 heavy (non-hydrogen) atoms. The van der Waals surface area contributed by atoms with Gasteiger partial charge in [0.15, 0.2) is 0 Å². The van der Waals surface area contributed by atoms with Crippen LogP contribution in [0.5, 0.6) is 0 Å². The van der Waals surface area contributed by atoms with Crippen LogP contribution >= 0.6 is 0 Å². The Morgan fingerprint density at radius 3 is 2.52 bits per heavy atom. The number of methoxy groups -OCH3 is 1. The molecule has 0 radical (unpaired) electrons. The van der Waals surface area contributed by atoms with Crippen LogP contribution in [-0.2, 0) is 14.3 Å². The molecule has 0 amide bonds. The fourth-order valence-corrected chi connectivity index (χ4v) is 10.3. The van der Waals surface area contributed by atoms with E-state index in [0.29, 0.717) is 6.42 Å². The van der Waals surface area contributed by atoms with Crippen molar-refractivity contribution in [1.82, 2.24) is 0 Å². The quantitative estimate of drug-likeness (QED) is 0.409. The molecule has 3 nitrogen and oxygen atoms in total. The zero-order valence-corrected chi connectivity index (χ0v) is 16.7. The van der Waals surface area contributed by atoms with Crippen LogP contribution in [0.15, 0.2) is 9.16 Å². The van der Waals surface area contributed by atoms with Crippen molar-refractivity contribution < 1.29 is 14.3 Å². The Hall–Kier alpha value is -0.321. The molecule has 0 aromatic carbocycles. The van der Waals surface area contributed by atoms with E-state index in [4.69, 9.17) is 4.74 Å². The van der Waals surface area contributed by atoms with Gasteiger partial charge in [-0.05, 0) is 0 Å². The van der Waals surface area contributed by atoms with E-state index < -0.39 is 24.3 Å². The summed E-state index contributed by atoms with van der Waals surface area (Å²) < 4.78 is 6.54. The van der Waals surface area contributed by atoms with Crippen LogP contribution in [-0.4, -0.2) is 37.2 Å². The molecule has 0 saturated heterocycles. The summed E-state index contributed by atoms with van der Waals surface area (Å²) in [5.41, 5.74) is 1.57. The van der Waals surface area contributed by atoms with Gasteiger partial charge in [0.25, 0.3) is 0 Å². The molecule has 2 atom stereocenters. The van der Waals surface area contributed by atoms with Crippen molar-refractivity contribution in [2.75, 3.05) is 7.11 Å². The second-order valence-electron chi connectivity index (χ2n) is 7.50. The standard InChI is InChI=1S/C14H19O3.3CH3.Sn/c1-17-14(16)12-8-4-7-11(13(12)15)9-10-5-2-3-6-10;;;;/h11-12H,2-5,7-9H2,1H3;3*1H3;. The molecule has 4 heteroatoms. The summed E-state index contributed by atoms with van der Waals surface area (Å²) in [6, 6.07) is 0. The van der Waals surface area contributed by atoms with E-state index in [-0.39, 0.29) is 17.7 Å². The van der Waals surface area contributed by atoms with Crippen molar-refractivity contribution in [2.24, 2.45) is 11.8 Å². The van der Waals surface area contributed by atoms with Crippen LogP contribution in [0.4, 0.5) is 0 Å². The monoisotopic (exact) mass is 400 g/mol. The normalized spacial score (nSPS) is 27.1. The first-order chi connectivity index (χ1) is 9.84. The van der Waals surface area contributed by atoms with Gasteiger partial charge >= 0.3 is 132 Å². The molecule has 1 saturated carbocycles. The molecule has 118 valence electrons. The zero-order valence-electron chi connectivity index (χ0n) is 13.8. The maximum absolute atomic E-state index is 12.6. The molecule has 0 spiro atoms. The molecule has 0 aliphatic heterocycles.